The smallest absolute Gasteiger partial charge is 0.315 e. The first-order valence-electron chi connectivity index (χ1n) is 9.59. The number of benzene rings is 3. The van der Waals surface area contributed by atoms with Gasteiger partial charge >= 0.3 is 5.69 Å². The van der Waals surface area contributed by atoms with Crippen LogP contribution in [0.3, 0.4) is 0 Å². The first-order valence-corrected chi connectivity index (χ1v) is 9.97. The number of phenolic OH excluding ortho intramolecular Hbond substituents is 2. The summed E-state index contributed by atoms with van der Waals surface area (Å²) in [6.45, 7) is 5.00. The third-order valence-corrected chi connectivity index (χ3v) is 5.85. The van der Waals surface area contributed by atoms with Crippen LogP contribution in [-0.4, -0.2) is 26.3 Å². The lowest BCUT2D eigenvalue weighted by Gasteiger charge is -2.10. The van der Waals surface area contributed by atoms with E-state index in [4.69, 9.17) is 16.0 Å². The van der Waals surface area contributed by atoms with Gasteiger partial charge in [0.05, 0.1) is 15.5 Å². The Kier molecular flexibility index (Phi) is 5.31. The average molecular weight is 452 g/mol. The highest BCUT2D eigenvalue weighted by molar-refractivity contribution is 6.33. The summed E-state index contributed by atoms with van der Waals surface area (Å²) < 4.78 is 5.79. The molecule has 0 radical (unpaired) electrons. The molecule has 0 atom stereocenters. The number of halogens is 1. The van der Waals surface area contributed by atoms with Crippen molar-refractivity contribution in [1.29, 1.82) is 0 Å². The van der Waals surface area contributed by atoms with Crippen molar-refractivity contribution in [3.63, 3.8) is 0 Å². The summed E-state index contributed by atoms with van der Waals surface area (Å²) in [7, 11) is 0. The number of nitrogens with zero attached hydrogens (tertiary/aromatic N) is 3. The van der Waals surface area contributed by atoms with E-state index in [1.807, 2.05) is 19.1 Å². The second kappa shape index (κ2) is 7.97. The maximum atomic E-state index is 11.4. The topological polar surface area (TPSA) is 122 Å². The summed E-state index contributed by atoms with van der Waals surface area (Å²) in [5, 5.41) is 32.8. The van der Waals surface area contributed by atoms with Gasteiger partial charge in [-0.25, -0.2) is 4.98 Å². The number of aryl methyl sites for hydroxylation is 1. The molecule has 4 aromatic rings. The van der Waals surface area contributed by atoms with Crippen LogP contribution in [0.1, 0.15) is 22.3 Å². The van der Waals surface area contributed by atoms with Crippen molar-refractivity contribution >= 4 is 40.3 Å². The van der Waals surface area contributed by atoms with Crippen LogP contribution >= 0.6 is 11.6 Å². The number of nitro groups is 1. The Morgan fingerprint density at radius 1 is 1.09 bits per heavy atom. The van der Waals surface area contributed by atoms with E-state index in [0.29, 0.717) is 22.2 Å². The third kappa shape index (κ3) is 3.44. The lowest BCUT2D eigenvalue weighted by atomic mass is 10.0. The number of phenols is 2. The van der Waals surface area contributed by atoms with Gasteiger partial charge in [-0.1, -0.05) is 29.8 Å². The minimum atomic E-state index is -0.694. The number of aromatic hydroxyl groups is 2. The maximum Gasteiger partial charge on any atom is 0.315 e. The van der Waals surface area contributed by atoms with E-state index < -0.39 is 16.4 Å². The van der Waals surface area contributed by atoms with E-state index in [1.165, 1.54) is 13.1 Å². The molecule has 0 saturated heterocycles. The van der Waals surface area contributed by atoms with Gasteiger partial charge in [0.2, 0.25) is 11.6 Å². The van der Waals surface area contributed by atoms with E-state index in [0.717, 1.165) is 5.56 Å². The Balaban J connectivity index is 1.80. The van der Waals surface area contributed by atoms with Gasteiger partial charge in [-0.15, -0.1) is 0 Å². The van der Waals surface area contributed by atoms with E-state index >= 15 is 0 Å². The Bertz CT molecular complexity index is 1430. The molecular weight excluding hydrogens is 434 g/mol. The number of para-hydroxylation sites is 2. The Morgan fingerprint density at radius 3 is 2.50 bits per heavy atom. The Hall–Kier alpha value is -3.91. The quantitative estimate of drug-likeness (QED) is 0.218. The summed E-state index contributed by atoms with van der Waals surface area (Å²) in [4.78, 5) is 19.4. The van der Waals surface area contributed by atoms with Crippen molar-refractivity contribution in [2.75, 3.05) is 0 Å². The predicted octanol–water partition coefficient (Wildman–Crippen LogP) is 6.14. The average Bonchev–Trinajstić information content (AvgIpc) is 3.18. The number of hydrogen-bond acceptors (Lipinski definition) is 7. The van der Waals surface area contributed by atoms with Gasteiger partial charge < -0.3 is 14.6 Å². The van der Waals surface area contributed by atoms with Crippen molar-refractivity contribution in [3.8, 4) is 23.0 Å². The molecular formula is C23H18ClN3O5. The van der Waals surface area contributed by atoms with Crippen molar-refractivity contribution < 1.29 is 19.6 Å². The fourth-order valence-electron chi connectivity index (χ4n) is 3.51. The highest BCUT2D eigenvalue weighted by atomic mass is 35.5. The second-order valence-corrected chi connectivity index (χ2v) is 7.68. The number of hydrogen-bond donors (Lipinski definition) is 2. The SMILES string of the molecule is Cc1c(Cl)c(C)c([N+](=O)[O-])c(O)c1C=Nc1cccc(-c2nc3c(C)cccc3o2)c1O. The molecule has 0 aliphatic rings. The van der Waals surface area contributed by atoms with Gasteiger partial charge in [0.15, 0.2) is 11.3 Å². The van der Waals surface area contributed by atoms with E-state index in [9.17, 15) is 20.3 Å². The fraction of sp³-hybridized carbons (Fsp3) is 0.130. The molecule has 2 N–H and O–H groups in total. The molecule has 32 heavy (non-hydrogen) atoms. The molecule has 0 fully saturated rings. The zero-order valence-corrected chi connectivity index (χ0v) is 18.1. The molecule has 0 aliphatic heterocycles. The van der Waals surface area contributed by atoms with Crippen molar-refractivity contribution in [2.24, 2.45) is 4.99 Å². The standard InChI is InChI=1S/C23H18ClN3O5/c1-11-6-4-9-17-19(11)26-23(32-17)14-7-5-8-16(21(14)28)25-10-15-12(2)18(24)13(3)20(22(15)29)27(30)31/h4-10,28-29H,1-3H3. The molecule has 9 heteroatoms. The van der Waals surface area contributed by atoms with Gasteiger partial charge in [-0.3, -0.25) is 15.1 Å². The molecule has 1 aromatic heterocycles. The lowest BCUT2D eigenvalue weighted by Crippen LogP contribution is -2.00. The molecule has 0 bridgehead atoms. The number of rotatable bonds is 4. The van der Waals surface area contributed by atoms with Gasteiger partial charge in [-0.2, -0.15) is 0 Å². The molecule has 0 unspecified atom stereocenters. The summed E-state index contributed by atoms with van der Waals surface area (Å²) >= 11 is 6.23. The number of oxazole rings is 1. The molecule has 1 heterocycles. The first kappa shape index (κ1) is 21.3. The molecule has 0 aliphatic carbocycles. The van der Waals surface area contributed by atoms with Crippen LogP contribution in [0.15, 0.2) is 45.8 Å². The Labute approximate surface area is 187 Å². The lowest BCUT2D eigenvalue weighted by molar-refractivity contribution is -0.386. The van der Waals surface area contributed by atoms with Crippen LogP contribution in [0.4, 0.5) is 11.4 Å². The van der Waals surface area contributed by atoms with Crippen molar-refractivity contribution in [1.82, 2.24) is 4.98 Å². The van der Waals surface area contributed by atoms with Crippen LogP contribution in [0.5, 0.6) is 11.5 Å². The van der Waals surface area contributed by atoms with Crippen LogP contribution in [0, 0.1) is 30.9 Å². The van der Waals surface area contributed by atoms with Crippen LogP contribution in [0.2, 0.25) is 5.02 Å². The fourth-order valence-corrected chi connectivity index (χ4v) is 3.70. The second-order valence-electron chi connectivity index (χ2n) is 7.30. The van der Waals surface area contributed by atoms with Crippen molar-refractivity contribution in [2.45, 2.75) is 20.8 Å². The number of fused-ring (bicyclic) bond motifs is 1. The van der Waals surface area contributed by atoms with Gasteiger partial charge in [0.25, 0.3) is 0 Å². The molecule has 0 amide bonds. The number of aliphatic imine (C=N–C) groups is 1. The highest BCUT2D eigenvalue weighted by Crippen LogP contribution is 2.41. The zero-order chi connectivity index (χ0) is 23.2. The van der Waals surface area contributed by atoms with Gasteiger partial charge in [-0.05, 0) is 50.1 Å². The van der Waals surface area contributed by atoms with Crippen LogP contribution in [0.25, 0.3) is 22.6 Å². The summed E-state index contributed by atoms with van der Waals surface area (Å²) in [6.07, 6.45) is 1.23. The molecule has 4 rings (SSSR count). The van der Waals surface area contributed by atoms with Crippen molar-refractivity contribution in [3.05, 3.63) is 73.8 Å². The summed E-state index contributed by atoms with van der Waals surface area (Å²) in [5.41, 5.74) is 2.93. The maximum absolute atomic E-state index is 11.4. The minimum absolute atomic E-state index is 0.0922. The molecule has 0 saturated carbocycles. The van der Waals surface area contributed by atoms with Crippen LogP contribution < -0.4 is 0 Å². The third-order valence-electron chi connectivity index (χ3n) is 5.28. The van der Waals surface area contributed by atoms with Crippen LogP contribution in [-0.2, 0) is 0 Å². The predicted molar refractivity (Wildman–Crippen MR) is 122 cm³/mol. The largest absolute Gasteiger partial charge is 0.505 e. The molecule has 0 spiro atoms. The molecule has 3 aromatic carbocycles. The van der Waals surface area contributed by atoms with Gasteiger partial charge in [0.1, 0.15) is 11.2 Å². The van der Waals surface area contributed by atoms with E-state index in [-0.39, 0.29) is 33.5 Å². The van der Waals surface area contributed by atoms with Gasteiger partial charge in [0, 0.05) is 17.3 Å². The zero-order valence-electron chi connectivity index (χ0n) is 17.4. The summed E-state index contributed by atoms with van der Waals surface area (Å²) in [6, 6.07) is 10.4. The monoisotopic (exact) mass is 451 g/mol. The van der Waals surface area contributed by atoms with E-state index in [2.05, 4.69) is 9.98 Å². The normalized spacial score (nSPS) is 11.5. The van der Waals surface area contributed by atoms with E-state index in [1.54, 1.807) is 31.2 Å². The molecule has 8 nitrogen and oxygen atoms in total. The summed E-state index contributed by atoms with van der Waals surface area (Å²) in [5.74, 6) is -0.488. The first-order chi connectivity index (χ1) is 15.2. The number of aromatic nitrogens is 1. The minimum Gasteiger partial charge on any atom is -0.505 e. The highest BCUT2D eigenvalue weighted by Gasteiger charge is 2.26. The molecule has 162 valence electrons. The Morgan fingerprint density at radius 2 is 1.81 bits per heavy atom. The number of nitro benzene ring substituents is 1.